The number of nitrogens with one attached hydrogen (secondary N) is 2. The highest BCUT2D eigenvalue weighted by Crippen LogP contribution is 2.25. The molecule has 0 spiro atoms. The maximum Gasteiger partial charge on any atom is 0.306 e. The number of rotatable bonds is 6. The van der Waals surface area contributed by atoms with Gasteiger partial charge in [0, 0.05) is 23.4 Å². The predicted octanol–water partition coefficient (Wildman–Crippen LogP) is 2.16. The van der Waals surface area contributed by atoms with Gasteiger partial charge in [-0.05, 0) is 38.0 Å². The van der Waals surface area contributed by atoms with Crippen molar-refractivity contribution in [2.75, 3.05) is 6.54 Å². The monoisotopic (exact) mass is 460 g/mol. The summed E-state index contributed by atoms with van der Waals surface area (Å²) < 4.78 is 31.7. The van der Waals surface area contributed by atoms with Crippen LogP contribution in [0.2, 0.25) is 0 Å². The minimum atomic E-state index is -3.58. The fourth-order valence-electron chi connectivity index (χ4n) is 3.25. The number of ether oxygens (including phenoxy) is 1. The lowest BCUT2D eigenvalue weighted by molar-refractivity contribution is -0.145. The number of hydrogen-bond acceptors (Lipinski definition) is 8. The van der Waals surface area contributed by atoms with Crippen molar-refractivity contribution in [3.63, 3.8) is 0 Å². The molecule has 31 heavy (non-hydrogen) atoms. The van der Waals surface area contributed by atoms with Gasteiger partial charge in [0.1, 0.15) is 23.1 Å². The van der Waals surface area contributed by atoms with Gasteiger partial charge in [0.2, 0.25) is 0 Å². The van der Waals surface area contributed by atoms with Crippen molar-refractivity contribution in [1.82, 2.24) is 14.7 Å². The average molecular weight is 461 g/mol. The molecule has 2 N–H and O–H groups in total. The Balaban J connectivity index is 1.31. The number of carbonyl (C=O) groups excluding carboxylic acids is 1. The second-order valence-electron chi connectivity index (χ2n) is 7.07. The molecule has 0 unspecified atom stereocenters. The number of hydrogen-bond donors (Lipinski definition) is 2. The zero-order chi connectivity index (χ0) is 22.2. The highest BCUT2D eigenvalue weighted by Gasteiger charge is 2.29. The molecular formula is C20H20N4O5S2. The maximum absolute atomic E-state index is 12.3. The first-order valence-electron chi connectivity index (χ1n) is 9.57. The number of amidine groups is 1. The maximum atomic E-state index is 12.3. The first-order valence-corrected chi connectivity index (χ1v) is 11.9. The van der Waals surface area contributed by atoms with Crippen LogP contribution in [0.3, 0.4) is 0 Å². The van der Waals surface area contributed by atoms with Crippen LogP contribution in [-0.4, -0.2) is 36.7 Å². The topological polar surface area (TPSA) is 131 Å². The van der Waals surface area contributed by atoms with Crippen molar-refractivity contribution in [3.8, 4) is 0 Å². The molecular weight excluding hydrogens is 440 g/mol. The zero-order valence-corrected chi connectivity index (χ0v) is 18.5. The van der Waals surface area contributed by atoms with Gasteiger partial charge in [0.15, 0.2) is 0 Å². The lowest BCUT2D eigenvalue weighted by Gasteiger charge is -2.04. The average Bonchev–Trinajstić information content (AvgIpc) is 3.16. The molecule has 2 aromatic heterocycles. The predicted molar refractivity (Wildman–Crippen MR) is 117 cm³/mol. The number of H-pyrrole nitrogens is 1. The highest BCUT2D eigenvalue weighted by molar-refractivity contribution is 7.90. The number of aliphatic imine (C=N–C) groups is 1. The number of fused-ring (bicyclic) bond motifs is 2. The van der Waals surface area contributed by atoms with E-state index in [4.69, 9.17) is 4.74 Å². The van der Waals surface area contributed by atoms with Crippen molar-refractivity contribution in [1.29, 1.82) is 0 Å². The molecule has 11 heteroatoms. The minimum absolute atomic E-state index is 0.106. The smallest absolute Gasteiger partial charge is 0.306 e. The minimum Gasteiger partial charge on any atom is -0.458 e. The summed E-state index contributed by atoms with van der Waals surface area (Å²) in [6, 6.07) is 6.59. The number of aromatic nitrogens is 2. The first kappa shape index (κ1) is 21.2. The van der Waals surface area contributed by atoms with Crippen LogP contribution in [0.15, 0.2) is 38.9 Å². The summed E-state index contributed by atoms with van der Waals surface area (Å²) in [7, 11) is -3.58. The van der Waals surface area contributed by atoms with E-state index in [1.165, 1.54) is 17.4 Å². The van der Waals surface area contributed by atoms with E-state index in [0.717, 1.165) is 10.4 Å². The molecule has 0 amide bonds. The number of esters is 1. The summed E-state index contributed by atoms with van der Waals surface area (Å²) in [5.41, 5.74) is 1.19. The number of nitrogens with zero attached hydrogens (tertiary/aromatic N) is 2. The molecule has 0 saturated heterocycles. The second kappa shape index (κ2) is 8.23. The summed E-state index contributed by atoms with van der Waals surface area (Å²) in [6.07, 6.45) is 0.493. The fraction of sp³-hybridized carbons (Fsp3) is 0.300. The Morgan fingerprint density at radius 3 is 2.84 bits per heavy atom. The van der Waals surface area contributed by atoms with Gasteiger partial charge >= 0.3 is 5.97 Å². The van der Waals surface area contributed by atoms with E-state index >= 15 is 0 Å². The van der Waals surface area contributed by atoms with Crippen LogP contribution >= 0.6 is 11.3 Å². The van der Waals surface area contributed by atoms with Gasteiger partial charge in [0.25, 0.3) is 15.6 Å². The lowest BCUT2D eigenvalue weighted by atomic mass is 10.2. The molecule has 9 nitrogen and oxygen atoms in total. The van der Waals surface area contributed by atoms with Gasteiger partial charge in [-0.1, -0.05) is 12.1 Å². The van der Waals surface area contributed by atoms with Gasteiger partial charge in [0.05, 0.1) is 10.3 Å². The molecule has 0 aliphatic carbocycles. The van der Waals surface area contributed by atoms with Crippen LogP contribution in [0.4, 0.5) is 0 Å². The fourth-order valence-corrected chi connectivity index (χ4v) is 5.55. The lowest BCUT2D eigenvalue weighted by Crippen LogP contribution is -2.22. The first-order chi connectivity index (χ1) is 14.8. The van der Waals surface area contributed by atoms with E-state index < -0.39 is 16.0 Å². The van der Waals surface area contributed by atoms with E-state index in [2.05, 4.69) is 19.7 Å². The normalized spacial score (nSPS) is 15.7. The van der Waals surface area contributed by atoms with Crippen molar-refractivity contribution < 1.29 is 17.9 Å². The van der Waals surface area contributed by atoms with Gasteiger partial charge < -0.3 is 9.72 Å². The van der Waals surface area contributed by atoms with Crippen molar-refractivity contribution in [3.05, 3.63) is 56.4 Å². The van der Waals surface area contributed by atoms with Gasteiger partial charge in [-0.15, -0.1) is 11.3 Å². The highest BCUT2D eigenvalue weighted by atomic mass is 32.2. The number of carbonyl (C=O) groups is 1. The third kappa shape index (κ3) is 4.23. The van der Waals surface area contributed by atoms with E-state index in [-0.39, 0.29) is 35.9 Å². The van der Waals surface area contributed by atoms with E-state index in [0.29, 0.717) is 28.0 Å². The SMILES string of the molecule is Cc1sc2nc(COC(=O)CCCN=C3NS(=O)(=O)c4ccccc43)[nH]c(=O)c2c1C. The Morgan fingerprint density at radius 2 is 2.03 bits per heavy atom. The molecule has 1 aliphatic rings. The molecule has 162 valence electrons. The van der Waals surface area contributed by atoms with Gasteiger partial charge in [-0.2, -0.15) is 0 Å². The summed E-state index contributed by atoms with van der Waals surface area (Å²) >= 11 is 1.43. The molecule has 0 atom stereocenters. The van der Waals surface area contributed by atoms with Crippen LogP contribution in [0.5, 0.6) is 0 Å². The standard InChI is InChI=1S/C20H20N4O5S2/c1-11-12(2)30-20-17(11)19(26)22-15(23-20)10-29-16(25)8-5-9-21-18-13-6-3-4-7-14(13)31(27,28)24-18/h3-4,6-7H,5,8-10H2,1-2H3,(H,21,24)(H,22,23,26). The Kier molecular flexibility index (Phi) is 5.63. The Morgan fingerprint density at radius 1 is 1.26 bits per heavy atom. The summed E-state index contributed by atoms with van der Waals surface area (Å²) in [4.78, 5) is 37.4. The third-order valence-electron chi connectivity index (χ3n) is 4.93. The second-order valence-corrected chi connectivity index (χ2v) is 9.93. The molecule has 0 saturated carbocycles. The zero-order valence-electron chi connectivity index (χ0n) is 16.9. The third-order valence-corrected chi connectivity index (χ3v) is 7.43. The number of thiophene rings is 1. The van der Waals surface area contributed by atoms with Crippen LogP contribution in [0.25, 0.3) is 10.2 Å². The quantitative estimate of drug-likeness (QED) is 0.428. The molecule has 4 rings (SSSR count). The van der Waals surface area contributed by atoms with Crippen molar-refractivity contribution in [2.45, 2.75) is 38.2 Å². The van der Waals surface area contributed by atoms with Gasteiger partial charge in [-0.25, -0.2) is 13.4 Å². The number of aromatic amines is 1. The number of aryl methyl sites for hydroxylation is 2. The molecule has 1 aromatic carbocycles. The van der Waals surface area contributed by atoms with Crippen molar-refractivity contribution >= 4 is 43.4 Å². The largest absolute Gasteiger partial charge is 0.458 e. The number of sulfonamides is 1. The van der Waals surface area contributed by atoms with Crippen molar-refractivity contribution in [2.24, 2.45) is 4.99 Å². The van der Waals surface area contributed by atoms with Crippen LogP contribution in [0.1, 0.15) is 34.7 Å². The van der Waals surface area contributed by atoms with Gasteiger partial charge in [-0.3, -0.25) is 19.3 Å². The summed E-state index contributed by atoms with van der Waals surface area (Å²) in [5, 5.41) is 0.570. The van der Waals surface area contributed by atoms with E-state index in [1.807, 2.05) is 13.8 Å². The Hall–Kier alpha value is -3.05. The van der Waals surface area contributed by atoms with Crippen LogP contribution < -0.4 is 10.3 Å². The number of benzene rings is 1. The molecule has 0 radical (unpaired) electrons. The Bertz CT molecular complexity index is 1370. The molecule has 1 aliphatic heterocycles. The summed E-state index contributed by atoms with van der Waals surface area (Å²) in [5.74, 6) is 0.124. The molecule has 0 fully saturated rings. The van der Waals surface area contributed by atoms with Crippen LogP contribution in [-0.2, 0) is 26.2 Å². The molecule has 0 bridgehead atoms. The van der Waals surface area contributed by atoms with E-state index in [9.17, 15) is 18.0 Å². The van der Waals surface area contributed by atoms with E-state index in [1.54, 1.807) is 18.2 Å². The molecule has 3 heterocycles. The Labute approximate surface area is 182 Å². The summed E-state index contributed by atoms with van der Waals surface area (Å²) in [6.45, 7) is 3.94. The molecule has 3 aromatic rings. The van der Waals surface area contributed by atoms with Crippen LogP contribution in [0, 0.1) is 13.8 Å².